The molecule has 0 spiro atoms. The molecule has 3 aromatic rings. The fraction of sp³-hybridized carbons (Fsp3) is 0.125. The highest BCUT2D eigenvalue weighted by Gasteiger charge is 2.09. The molecule has 0 saturated heterocycles. The third kappa shape index (κ3) is 3.63. The number of rotatable bonds is 5. The SMILES string of the molecule is COc1ccc(-c2noc(CNc3cc(F)cc(F)c3)n2)cc1. The summed E-state index contributed by atoms with van der Waals surface area (Å²) in [5.41, 5.74) is 1.07. The second-order valence-electron chi connectivity index (χ2n) is 4.75. The third-order valence-electron chi connectivity index (χ3n) is 3.12. The van der Waals surface area contributed by atoms with Crippen LogP contribution in [0, 0.1) is 11.6 Å². The van der Waals surface area contributed by atoms with Gasteiger partial charge in [0.15, 0.2) is 0 Å². The molecule has 0 aliphatic heterocycles. The van der Waals surface area contributed by atoms with Crippen LogP contribution in [0.1, 0.15) is 5.89 Å². The molecule has 23 heavy (non-hydrogen) atoms. The van der Waals surface area contributed by atoms with Crippen molar-refractivity contribution in [3.63, 3.8) is 0 Å². The van der Waals surface area contributed by atoms with Gasteiger partial charge in [0.2, 0.25) is 11.7 Å². The van der Waals surface area contributed by atoms with Gasteiger partial charge < -0.3 is 14.6 Å². The van der Waals surface area contributed by atoms with Crippen LogP contribution in [-0.4, -0.2) is 17.3 Å². The first-order chi connectivity index (χ1) is 11.1. The van der Waals surface area contributed by atoms with E-state index in [9.17, 15) is 8.78 Å². The van der Waals surface area contributed by atoms with E-state index in [1.165, 1.54) is 12.1 Å². The first-order valence-corrected chi connectivity index (χ1v) is 6.81. The van der Waals surface area contributed by atoms with Crippen molar-refractivity contribution < 1.29 is 18.0 Å². The highest BCUT2D eigenvalue weighted by atomic mass is 19.1. The van der Waals surface area contributed by atoms with Crippen molar-refractivity contribution in [3.05, 3.63) is 60.0 Å². The highest BCUT2D eigenvalue weighted by molar-refractivity contribution is 5.55. The Labute approximate surface area is 130 Å². The molecule has 0 aliphatic carbocycles. The normalized spacial score (nSPS) is 10.6. The largest absolute Gasteiger partial charge is 0.497 e. The molecule has 0 aliphatic rings. The summed E-state index contributed by atoms with van der Waals surface area (Å²) >= 11 is 0. The zero-order valence-corrected chi connectivity index (χ0v) is 12.2. The third-order valence-corrected chi connectivity index (χ3v) is 3.12. The van der Waals surface area contributed by atoms with Gasteiger partial charge in [-0.1, -0.05) is 5.16 Å². The fourth-order valence-corrected chi connectivity index (χ4v) is 2.02. The lowest BCUT2D eigenvalue weighted by Crippen LogP contribution is -2.00. The molecule has 1 aromatic heterocycles. The molecule has 1 N–H and O–H groups in total. The minimum atomic E-state index is -0.656. The van der Waals surface area contributed by atoms with E-state index in [2.05, 4.69) is 15.5 Å². The topological polar surface area (TPSA) is 60.2 Å². The summed E-state index contributed by atoms with van der Waals surface area (Å²) in [7, 11) is 1.59. The molecular weight excluding hydrogens is 304 g/mol. The predicted octanol–water partition coefficient (Wildman–Crippen LogP) is 3.64. The summed E-state index contributed by atoms with van der Waals surface area (Å²) in [6, 6.07) is 10.4. The standard InChI is InChI=1S/C16H13F2N3O2/c1-22-14-4-2-10(3-5-14)16-20-15(23-21-16)9-19-13-7-11(17)6-12(18)8-13/h2-8,19H,9H2,1H3. The average molecular weight is 317 g/mol. The van der Waals surface area contributed by atoms with Crippen molar-refractivity contribution in [2.24, 2.45) is 0 Å². The maximum atomic E-state index is 13.1. The van der Waals surface area contributed by atoms with Crippen LogP contribution in [0.4, 0.5) is 14.5 Å². The predicted molar refractivity (Wildman–Crippen MR) is 80.0 cm³/mol. The Hall–Kier alpha value is -2.96. The maximum Gasteiger partial charge on any atom is 0.246 e. The van der Waals surface area contributed by atoms with Crippen LogP contribution < -0.4 is 10.1 Å². The molecule has 0 atom stereocenters. The molecule has 7 heteroatoms. The molecule has 0 fully saturated rings. The van der Waals surface area contributed by atoms with Gasteiger partial charge in [-0.25, -0.2) is 8.78 Å². The number of benzene rings is 2. The first-order valence-electron chi connectivity index (χ1n) is 6.81. The summed E-state index contributed by atoms with van der Waals surface area (Å²) in [4.78, 5) is 4.23. The van der Waals surface area contributed by atoms with Gasteiger partial charge in [-0.2, -0.15) is 4.98 Å². The lowest BCUT2D eigenvalue weighted by Gasteiger charge is -2.03. The summed E-state index contributed by atoms with van der Waals surface area (Å²) < 4.78 is 36.4. The molecule has 0 radical (unpaired) electrons. The van der Waals surface area contributed by atoms with Crippen molar-refractivity contribution in [3.8, 4) is 17.1 Å². The van der Waals surface area contributed by atoms with Crippen LogP contribution in [0.3, 0.4) is 0 Å². The van der Waals surface area contributed by atoms with Crippen LogP contribution in [0.25, 0.3) is 11.4 Å². The van der Waals surface area contributed by atoms with E-state index in [0.29, 0.717) is 17.4 Å². The number of aromatic nitrogens is 2. The van der Waals surface area contributed by atoms with E-state index in [4.69, 9.17) is 9.26 Å². The number of halogens is 2. The maximum absolute atomic E-state index is 13.1. The monoisotopic (exact) mass is 317 g/mol. The molecule has 118 valence electrons. The molecular formula is C16H13F2N3O2. The molecule has 0 saturated carbocycles. The van der Waals surface area contributed by atoms with Gasteiger partial charge in [0.1, 0.15) is 17.4 Å². The Balaban J connectivity index is 1.69. The average Bonchev–Trinajstić information content (AvgIpc) is 3.01. The van der Waals surface area contributed by atoms with E-state index in [1.54, 1.807) is 19.2 Å². The number of ether oxygens (including phenoxy) is 1. The van der Waals surface area contributed by atoms with Gasteiger partial charge in [0.25, 0.3) is 0 Å². The van der Waals surface area contributed by atoms with Crippen molar-refractivity contribution >= 4 is 5.69 Å². The van der Waals surface area contributed by atoms with Crippen molar-refractivity contribution in [1.82, 2.24) is 10.1 Å². The number of nitrogens with one attached hydrogen (secondary N) is 1. The molecule has 0 bridgehead atoms. The smallest absolute Gasteiger partial charge is 0.246 e. The van der Waals surface area contributed by atoms with Gasteiger partial charge in [0.05, 0.1) is 13.7 Å². The fourth-order valence-electron chi connectivity index (χ4n) is 2.02. The van der Waals surface area contributed by atoms with Gasteiger partial charge >= 0.3 is 0 Å². The summed E-state index contributed by atoms with van der Waals surface area (Å²) in [5.74, 6) is 0.150. The molecule has 1 heterocycles. The van der Waals surface area contributed by atoms with Gasteiger partial charge in [-0.05, 0) is 36.4 Å². The van der Waals surface area contributed by atoms with Gasteiger partial charge in [0, 0.05) is 17.3 Å². The van der Waals surface area contributed by atoms with Crippen LogP contribution in [-0.2, 0) is 6.54 Å². The molecule has 5 nitrogen and oxygen atoms in total. The Bertz CT molecular complexity index is 783. The molecule has 0 amide bonds. The van der Waals surface area contributed by atoms with Crippen molar-refractivity contribution in [1.29, 1.82) is 0 Å². The van der Waals surface area contributed by atoms with Crippen LogP contribution >= 0.6 is 0 Å². The lowest BCUT2D eigenvalue weighted by molar-refractivity contribution is 0.384. The number of nitrogens with zero attached hydrogens (tertiary/aromatic N) is 2. The Kier molecular flexibility index (Phi) is 4.18. The van der Waals surface area contributed by atoms with Crippen LogP contribution in [0.2, 0.25) is 0 Å². The Morgan fingerprint density at radius 1 is 1.09 bits per heavy atom. The van der Waals surface area contributed by atoms with E-state index >= 15 is 0 Å². The Morgan fingerprint density at radius 2 is 1.78 bits per heavy atom. The number of methoxy groups -OCH3 is 1. The molecule has 2 aromatic carbocycles. The van der Waals surface area contributed by atoms with Gasteiger partial charge in [-0.3, -0.25) is 0 Å². The highest BCUT2D eigenvalue weighted by Crippen LogP contribution is 2.20. The van der Waals surface area contributed by atoms with Crippen molar-refractivity contribution in [2.75, 3.05) is 12.4 Å². The molecule has 0 unspecified atom stereocenters. The van der Waals surface area contributed by atoms with E-state index in [0.717, 1.165) is 17.4 Å². The molecule has 3 rings (SSSR count). The quantitative estimate of drug-likeness (QED) is 0.778. The zero-order valence-electron chi connectivity index (χ0n) is 12.2. The Morgan fingerprint density at radius 3 is 2.43 bits per heavy atom. The lowest BCUT2D eigenvalue weighted by atomic mass is 10.2. The minimum absolute atomic E-state index is 0.159. The van der Waals surface area contributed by atoms with E-state index in [-0.39, 0.29) is 6.54 Å². The summed E-state index contributed by atoms with van der Waals surface area (Å²) in [6.45, 7) is 0.159. The zero-order chi connectivity index (χ0) is 16.2. The first kappa shape index (κ1) is 15.0. The second kappa shape index (κ2) is 6.43. The van der Waals surface area contributed by atoms with E-state index in [1.807, 2.05) is 12.1 Å². The number of hydrogen-bond acceptors (Lipinski definition) is 5. The number of anilines is 1. The summed E-state index contributed by atoms with van der Waals surface area (Å²) in [5, 5.41) is 6.70. The number of hydrogen-bond donors (Lipinski definition) is 1. The van der Waals surface area contributed by atoms with Crippen molar-refractivity contribution in [2.45, 2.75) is 6.54 Å². The van der Waals surface area contributed by atoms with Gasteiger partial charge in [-0.15, -0.1) is 0 Å². The minimum Gasteiger partial charge on any atom is -0.497 e. The van der Waals surface area contributed by atoms with E-state index < -0.39 is 11.6 Å². The van der Waals surface area contributed by atoms with Crippen LogP contribution in [0.5, 0.6) is 5.75 Å². The summed E-state index contributed by atoms with van der Waals surface area (Å²) in [6.07, 6.45) is 0. The van der Waals surface area contributed by atoms with Crippen LogP contribution in [0.15, 0.2) is 47.0 Å². The second-order valence-corrected chi connectivity index (χ2v) is 4.75.